The Labute approximate surface area is 119 Å². The van der Waals surface area contributed by atoms with Crippen LogP contribution in [0.4, 0.5) is 20.3 Å². The van der Waals surface area contributed by atoms with Gasteiger partial charge in [0.2, 0.25) is 5.82 Å². The van der Waals surface area contributed by atoms with E-state index in [4.69, 9.17) is 0 Å². The van der Waals surface area contributed by atoms with Crippen LogP contribution in [0.25, 0.3) is 11.4 Å². The van der Waals surface area contributed by atoms with Crippen LogP contribution in [-0.4, -0.2) is 21.9 Å². The van der Waals surface area contributed by atoms with Gasteiger partial charge in [0.05, 0.1) is 10.5 Å². The van der Waals surface area contributed by atoms with Crippen molar-refractivity contribution in [2.75, 3.05) is 12.4 Å². The first kappa shape index (κ1) is 14.8. The molecule has 2 rings (SSSR count). The molecule has 0 saturated heterocycles. The molecule has 6 nitrogen and oxygen atoms in total. The Morgan fingerprint density at radius 3 is 2.62 bits per heavy atom. The number of aromatic nitrogens is 2. The summed E-state index contributed by atoms with van der Waals surface area (Å²) >= 11 is 0. The van der Waals surface area contributed by atoms with Gasteiger partial charge in [-0.15, -0.1) is 0 Å². The maximum absolute atomic E-state index is 14.2. The number of hydrogen-bond acceptors (Lipinski definition) is 5. The number of anilines is 1. The monoisotopic (exact) mass is 294 g/mol. The summed E-state index contributed by atoms with van der Waals surface area (Å²) in [5.74, 6) is -2.08. The largest absolute Gasteiger partial charge is 0.373 e. The fourth-order valence-electron chi connectivity index (χ4n) is 1.81. The van der Waals surface area contributed by atoms with Crippen molar-refractivity contribution in [1.82, 2.24) is 9.97 Å². The number of aryl methyl sites for hydroxylation is 1. The molecule has 1 heterocycles. The van der Waals surface area contributed by atoms with E-state index < -0.39 is 27.8 Å². The summed E-state index contributed by atoms with van der Waals surface area (Å²) in [6.45, 7) is 1.83. The zero-order valence-electron chi connectivity index (χ0n) is 11.4. The average Bonchev–Trinajstić information content (AvgIpc) is 2.46. The van der Waals surface area contributed by atoms with Gasteiger partial charge in [0.1, 0.15) is 11.6 Å². The van der Waals surface area contributed by atoms with Crippen LogP contribution >= 0.6 is 0 Å². The number of rotatable bonds is 4. The first-order valence-electron chi connectivity index (χ1n) is 6.16. The van der Waals surface area contributed by atoms with Gasteiger partial charge in [-0.25, -0.2) is 14.4 Å². The van der Waals surface area contributed by atoms with Crippen molar-refractivity contribution in [3.63, 3.8) is 0 Å². The van der Waals surface area contributed by atoms with Crippen LogP contribution in [0.3, 0.4) is 0 Å². The van der Waals surface area contributed by atoms with E-state index in [-0.39, 0.29) is 5.82 Å². The highest BCUT2D eigenvalue weighted by Gasteiger charge is 2.24. The topological polar surface area (TPSA) is 81.0 Å². The van der Waals surface area contributed by atoms with E-state index in [0.717, 1.165) is 12.1 Å². The first-order chi connectivity index (χ1) is 9.97. The molecule has 0 atom stereocenters. The average molecular weight is 294 g/mol. The summed E-state index contributed by atoms with van der Waals surface area (Å²) in [6, 6.07) is 3.24. The Morgan fingerprint density at radius 2 is 2.05 bits per heavy atom. The summed E-state index contributed by atoms with van der Waals surface area (Å²) in [6.07, 6.45) is 0.530. The van der Waals surface area contributed by atoms with Crippen LogP contribution in [0, 0.1) is 21.7 Å². The highest BCUT2D eigenvalue weighted by atomic mass is 19.1. The third kappa shape index (κ3) is 2.78. The van der Waals surface area contributed by atoms with Crippen LogP contribution in [0.5, 0.6) is 0 Å². The van der Waals surface area contributed by atoms with Crippen LogP contribution in [0.1, 0.15) is 12.6 Å². The van der Waals surface area contributed by atoms with E-state index in [9.17, 15) is 18.9 Å². The molecule has 0 spiro atoms. The standard InChI is InChI=1S/C13H12F2N4O2/c1-3-7-6-10(16-2)18-13(17-7)11-8(14)4-5-9(12(11)15)19(20)21/h4-6H,3H2,1-2H3,(H,16,17,18). The number of nitrogens with zero attached hydrogens (tertiary/aromatic N) is 3. The lowest BCUT2D eigenvalue weighted by Crippen LogP contribution is -2.04. The second-order valence-corrected chi connectivity index (χ2v) is 4.18. The highest BCUT2D eigenvalue weighted by Crippen LogP contribution is 2.30. The van der Waals surface area contributed by atoms with Gasteiger partial charge in [0.15, 0.2) is 5.82 Å². The number of halogens is 2. The van der Waals surface area contributed by atoms with E-state index in [2.05, 4.69) is 15.3 Å². The van der Waals surface area contributed by atoms with Gasteiger partial charge >= 0.3 is 5.69 Å². The van der Waals surface area contributed by atoms with E-state index in [0.29, 0.717) is 17.9 Å². The van der Waals surface area contributed by atoms with E-state index in [1.54, 1.807) is 13.1 Å². The molecule has 8 heteroatoms. The van der Waals surface area contributed by atoms with Gasteiger partial charge in [0, 0.05) is 24.9 Å². The molecule has 0 saturated carbocycles. The summed E-state index contributed by atoms with van der Waals surface area (Å²) in [5.41, 5.74) is -0.853. The van der Waals surface area contributed by atoms with Gasteiger partial charge in [-0.1, -0.05) is 6.92 Å². The Morgan fingerprint density at radius 1 is 1.33 bits per heavy atom. The third-order valence-corrected chi connectivity index (χ3v) is 2.89. The van der Waals surface area contributed by atoms with Crippen molar-refractivity contribution in [3.8, 4) is 11.4 Å². The predicted molar refractivity (Wildman–Crippen MR) is 73.0 cm³/mol. The van der Waals surface area contributed by atoms with E-state index >= 15 is 0 Å². The summed E-state index contributed by atoms with van der Waals surface area (Å²) in [5, 5.41) is 13.5. The quantitative estimate of drug-likeness (QED) is 0.692. The first-order valence-corrected chi connectivity index (χ1v) is 6.16. The smallest absolute Gasteiger partial charge is 0.305 e. The second-order valence-electron chi connectivity index (χ2n) is 4.18. The Kier molecular flexibility index (Phi) is 4.06. The van der Waals surface area contributed by atoms with Crippen molar-refractivity contribution < 1.29 is 13.7 Å². The van der Waals surface area contributed by atoms with Gasteiger partial charge < -0.3 is 5.32 Å². The van der Waals surface area contributed by atoms with Crippen molar-refractivity contribution in [2.24, 2.45) is 0 Å². The minimum Gasteiger partial charge on any atom is -0.373 e. The lowest BCUT2D eigenvalue weighted by Gasteiger charge is -2.08. The van der Waals surface area contributed by atoms with Crippen molar-refractivity contribution in [1.29, 1.82) is 0 Å². The predicted octanol–water partition coefficient (Wildman–Crippen LogP) is 2.93. The summed E-state index contributed by atoms with van der Waals surface area (Å²) in [4.78, 5) is 17.8. The molecule has 1 N–H and O–H groups in total. The maximum Gasteiger partial charge on any atom is 0.305 e. The summed E-state index contributed by atoms with van der Waals surface area (Å²) in [7, 11) is 1.60. The van der Waals surface area contributed by atoms with E-state index in [1.165, 1.54) is 0 Å². The zero-order chi connectivity index (χ0) is 15.6. The number of nitrogens with one attached hydrogen (secondary N) is 1. The lowest BCUT2D eigenvalue weighted by atomic mass is 10.1. The maximum atomic E-state index is 14.2. The minimum atomic E-state index is -1.28. The molecule has 0 bridgehead atoms. The van der Waals surface area contributed by atoms with Gasteiger partial charge in [0.25, 0.3) is 0 Å². The molecule has 0 aliphatic carbocycles. The molecule has 0 aliphatic heterocycles. The fraction of sp³-hybridized carbons (Fsp3) is 0.231. The SMILES string of the molecule is CCc1cc(NC)nc(-c2c(F)ccc([N+](=O)[O-])c2F)n1. The fourth-order valence-corrected chi connectivity index (χ4v) is 1.81. The lowest BCUT2D eigenvalue weighted by molar-refractivity contribution is -0.387. The van der Waals surface area contributed by atoms with Crippen molar-refractivity contribution in [2.45, 2.75) is 13.3 Å². The van der Waals surface area contributed by atoms with Crippen LogP contribution in [0.15, 0.2) is 18.2 Å². The Bertz CT molecular complexity index is 685. The van der Waals surface area contributed by atoms with Crippen LogP contribution < -0.4 is 5.32 Å². The van der Waals surface area contributed by atoms with Crippen molar-refractivity contribution >= 4 is 11.5 Å². The molecule has 0 aliphatic rings. The molecular weight excluding hydrogens is 282 g/mol. The molecular formula is C13H12F2N4O2. The molecule has 21 heavy (non-hydrogen) atoms. The molecule has 0 fully saturated rings. The normalized spacial score (nSPS) is 10.5. The van der Waals surface area contributed by atoms with Gasteiger partial charge in [-0.2, -0.15) is 4.39 Å². The van der Waals surface area contributed by atoms with E-state index in [1.807, 2.05) is 6.92 Å². The molecule has 1 aromatic heterocycles. The molecule has 2 aromatic rings. The van der Waals surface area contributed by atoms with Crippen LogP contribution in [-0.2, 0) is 6.42 Å². The zero-order valence-corrected chi connectivity index (χ0v) is 11.4. The molecule has 0 unspecified atom stereocenters. The highest BCUT2D eigenvalue weighted by molar-refractivity contribution is 5.63. The second kappa shape index (κ2) is 5.78. The summed E-state index contributed by atoms with van der Waals surface area (Å²) < 4.78 is 28.0. The number of nitro benzene ring substituents is 1. The third-order valence-electron chi connectivity index (χ3n) is 2.89. The van der Waals surface area contributed by atoms with Gasteiger partial charge in [-0.05, 0) is 12.5 Å². The molecule has 1 aromatic carbocycles. The molecule has 0 amide bonds. The molecule has 110 valence electrons. The van der Waals surface area contributed by atoms with Crippen LogP contribution in [0.2, 0.25) is 0 Å². The number of benzene rings is 1. The Hall–Kier alpha value is -2.64. The minimum absolute atomic E-state index is 0.225. The van der Waals surface area contributed by atoms with Crippen molar-refractivity contribution in [3.05, 3.63) is 45.6 Å². The number of nitro groups is 1. The molecule has 0 radical (unpaired) electrons. The van der Waals surface area contributed by atoms with Gasteiger partial charge in [-0.3, -0.25) is 10.1 Å². The number of hydrogen-bond donors (Lipinski definition) is 1. The Balaban J connectivity index is 2.71.